The number of hydrogen-bond acceptors (Lipinski definition) is 7. The van der Waals surface area contributed by atoms with Crippen LogP contribution in [0.1, 0.15) is 24.0 Å². The van der Waals surface area contributed by atoms with Crippen LogP contribution in [0.5, 0.6) is 11.5 Å². The summed E-state index contributed by atoms with van der Waals surface area (Å²) in [7, 11) is 2.04. The highest BCUT2D eigenvalue weighted by molar-refractivity contribution is 6.18. The van der Waals surface area contributed by atoms with Gasteiger partial charge in [-0.2, -0.15) is 0 Å². The van der Waals surface area contributed by atoms with Gasteiger partial charge < -0.3 is 16.2 Å². The SMILES string of the molecule is Cc1cc(C(=CCN(C)C2CC2)C(N)=O)cc(-n2c(=O)n(-c3ccc(Oc4ccccc4)cc3)c3c(N)ncnc32)c1. The molecular formula is C32H31N7O3. The number of fused-ring (bicyclic) bond motifs is 1. The van der Waals surface area contributed by atoms with E-state index in [0.717, 1.165) is 18.4 Å². The fraction of sp³-hybridized carbons (Fsp3) is 0.188. The molecule has 0 atom stereocenters. The van der Waals surface area contributed by atoms with Crippen molar-refractivity contribution in [1.82, 2.24) is 24.0 Å². The van der Waals surface area contributed by atoms with Crippen LogP contribution in [0.2, 0.25) is 0 Å². The quantitative estimate of drug-likeness (QED) is 0.257. The number of likely N-dealkylation sites (N-methyl/N-ethyl adjacent to an activating group) is 1. The Balaban J connectivity index is 1.44. The first-order valence-electron chi connectivity index (χ1n) is 13.7. The number of carbonyl (C=O) groups excluding carboxylic acids is 1. The minimum atomic E-state index is -0.532. The van der Waals surface area contributed by atoms with Gasteiger partial charge in [-0.25, -0.2) is 19.3 Å². The highest BCUT2D eigenvalue weighted by Gasteiger charge is 2.26. The van der Waals surface area contributed by atoms with Crippen molar-refractivity contribution < 1.29 is 9.53 Å². The standard InChI is InChI=1S/C32H31N7O3/c1-20-16-21(27(30(34)40)14-15-37(2)22-8-9-22)18-24(17-20)39-31-28(29(33)35-19-36-31)38(32(39)41)23-10-12-26(13-11-23)42-25-6-4-3-5-7-25/h3-7,10-14,16-19,22H,8-9,15H2,1-2H3,(H2,34,40)(H2,33,35,36). The lowest BCUT2D eigenvalue weighted by Crippen LogP contribution is -2.23. The summed E-state index contributed by atoms with van der Waals surface area (Å²) < 4.78 is 8.88. The zero-order chi connectivity index (χ0) is 29.4. The molecule has 6 rings (SSSR count). The maximum atomic E-state index is 14.1. The van der Waals surface area contributed by atoms with Gasteiger partial charge in [0.1, 0.15) is 23.3 Å². The number of aromatic nitrogens is 4. The van der Waals surface area contributed by atoms with Gasteiger partial charge in [0.25, 0.3) is 0 Å². The Hall–Kier alpha value is -5.22. The molecule has 5 aromatic rings. The Kier molecular flexibility index (Phi) is 7.05. The minimum Gasteiger partial charge on any atom is -0.457 e. The van der Waals surface area contributed by atoms with Gasteiger partial charge in [-0.15, -0.1) is 0 Å². The van der Waals surface area contributed by atoms with Crippen LogP contribution >= 0.6 is 0 Å². The van der Waals surface area contributed by atoms with E-state index in [2.05, 4.69) is 14.9 Å². The van der Waals surface area contributed by atoms with E-state index in [1.54, 1.807) is 30.3 Å². The maximum absolute atomic E-state index is 14.1. The van der Waals surface area contributed by atoms with Gasteiger partial charge in [0.2, 0.25) is 5.91 Å². The molecule has 0 aliphatic heterocycles. The Labute approximate surface area is 242 Å². The molecule has 1 fully saturated rings. The molecule has 0 spiro atoms. The molecule has 1 aliphatic carbocycles. The van der Waals surface area contributed by atoms with Crippen molar-refractivity contribution in [1.29, 1.82) is 0 Å². The van der Waals surface area contributed by atoms with Crippen LogP contribution in [-0.2, 0) is 4.79 Å². The molecule has 42 heavy (non-hydrogen) atoms. The lowest BCUT2D eigenvalue weighted by molar-refractivity contribution is -0.112. The zero-order valence-electron chi connectivity index (χ0n) is 23.4. The highest BCUT2D eigenvalue weighted by Crippen LogP contribution is 2.29. The van der Waals surface area contributed by atoms with E-state index < -0.39 is 5.91 Å². The van der Waals surface area contributed by atoms with Gasteiger partial charge in [-0.1, -0.05) is 30.3 Å². The van der Waals surface area contributed by atoms with Crippen LogP contribution in [0.4, 0.5) is 5.82 Å². The van der Waals surface area contributed by atoms with Crippen LogP contribution in [0, 0.1) is 6.92 Å². The summed E-state index contributed by atoms with van der Waals surface area (Å²) >= 11 is 0. The van der Waals surface area contributed by atoms with E-state index >= 15 is 0 Å². The van der Waals surface area contributed by atoms with E-state index in [4.69, 9.17) is 16.2 Å². The number of ether oxygens (including phenoxy) is 1. The van der Waals surface area contributed by atoms with Gasteiger partial charge in [0.05, 0.1) is 11.4 Å². The number of rotatable bonds is 9. The van der Waals surface area contributed by atoms with Crippen molar-refractivity contribution in [3.63, 3.8) is 0 Å². The topological polar surface area (TPSA) is 134 Å². The smallest absolute Gasteiger partial charge is 0.339 e. The number of anilines is 1. The first kappa shape index (κ1) is 27.0. The molecule has 0 bridgehead atoms. The number of imidazole rings is 1. The van der Waals surface area contributed by atoms with Crippen LogP contribution in [0.15, 0.2) is 90.0 Å². The number of hydrogen-bond donors (Lipinski definition) is 2. The third-order valence-electron chi connectivity index (χ3n) is 7.37. The van der Waals surface area contributed by atoms with Crippen molar-refractivity contribution in [3.8, 4) is 22.9 Å². The molecule has 1 aliphatic rings. The molecule has 1 saturated carbocycles. The summed E-state index contributed by atoms with van der Waals surface area (Å²) in [5.41, 5.74) is 15.4. The molecule has 0 radical (unpaired) electrons. The average molecular weight is 562 g/mol. The first-order chi connectivity index (χ1) is 20.3. The Morgan fingerprint density at radius 3 is 2.40 bits per heavy atom. The number of nitrogen functional groups attached to an aromatic ring is 1. The van der Waals surface area contributed by atoms with E-state index in [-0.39, 0.29) is 11.5 Å². The molecule has 3 aromatic carbocycles. The first-order valence-corrected chi connectivity index (χ1v) is 13.7. The normalized spacial score (nSPS) is 13.5. The molecular weight excluding hydrogens is 530 g/mol. The number of aryl methyl sites for hydroxylation is 1. The summed E-state index contributed by atoms with van der Waals surface area (Å²) in [6, 6.07) is 22.6. The Bertz CT molecular complexity index is 1870. The van der Waals surface area contributed by atoms with Gasteiger partial charge in [0.15, 0.2) is 11.5 Å². The van der Waals surface area contributed by atoms with E-state index in [1.807, 2.05) is 62.5 Å². The number of amides is 1. The Morgan fingerprint density at radius 1 is 1.00 bits per heavy atom. The largest absolute Gasteiger partial charge is 0.457 e. The Morgan fingerprint density at radius 2 is 1.71 bits per heavy atom. The summed E-state index contributed by atoms with van der Waals surface area (Å²) in [5.74, 6) is 0.951. The number of para-hydroxylation sites is 1. The molecule has 2 aromatic heterocycles. The van der Waals surface area contributed by atoms with Crippen LogP contribution in [0.25, 0.3) is 28.1 Å². The van der Waals surface area contributed by atoms with E-state index in [0.29, 0.717) is 57.8 Å². The van der Waals surface area contributed by atoms with E-state index in [9.17, 15) is 9.59 Å². The maximum Gasteiger partial charge on any atom is 0.339 e. The fourth-order valence-electron chi connectivity index (χ4n) is 5.11. The second-order valence-corrected chi connectivity index (χ2v) is 10.5. The van der Waals surface area contributed by atoms with Crippen LogP contribution in [-0.4, -0.2) is 49.5 Å². The van der Waals surface area contributed by atoms with Crippen molar-refractivity contribution >= 4 is 28.5 Å². The lowest BCUT2D eigenvalue weighted by atomic mass is 10.0. The fourth-order valence-corrected chi connectivity index (χ4v) is 5.11. The molecule has 4 N–H and O–H groups in total. The third kappa shape index (κ3) is 5.27. The van der Waals surface area contributed by atoms with Crippen molar-refractivity contribution in [2.24, 2.45) is 5.73 Å². The van der Waals surface area contributed by atoms with Crippen molar-refractivity contribution in [2.45, 2.75) is 25.8 Å². The molecule has 10 nitrogen and oxygen atoms in total. The predicted molar refractivity (Wildman–Crippen MR) is 163 cm³/mol. The number of benzene rings is 3. The monoisotopic (exact) mass is 561 g/mol. The van der Waals surface area contributed by atoms with Gasteiger partial charge >= 0.3 is 5.69 Å². The predicted octanol–water partition coefficient (Wildman–Crippen LogP) is 4.22. The molecule has 212 valence electrons. The minimum absolute atomic E-state index is 0.161. The highest BCUT2D eigenvalue weighted by atomic mass is 16.5. The number of nitrogens with zero attached hydrogens (tertiary/aromatic N) is 5. The van der Waals surface area contributed by atoms with Gasteiger partial charge in [0, 0.05) is 18.2 Å². The number of nitrogens with two attached hydrogens (primary N) is 2. The van der Waals surface area contributed by atoms with E-state index in [1.165, 1.54) is 15.5 Å². The van der Waals surface area contributed by atoms with Crippen molar-refractivity contribution in [3.05, 3.63) is 107 Å². The third-order valence-corrected chi connectivity index (χ3v) is 7.37. The van der Waals surface area contributed by atoms with Gasteiger partial charge in [-0.3, -0.25) is 14.3 Å². The van der Waals surface area contributed by atoms with Crippen LogP contribution < -0.4 is 21.9 Å². The summed E-state index contributed by atoms with van der Waals surface area (Å²) in [4.78, 5) is 37.4. The molecule has 2 heterocycles. The zero-order valence-corrected chi connectivity index (χ0v) is 23.4. The molecule has 0 unspecified atom stereocenters. The molecule has 0 saturated heterocycles. The number of carbonyl (C=O) groups is 1. The average Bonchev–Trinajstić information content (AvgIpc) is 3.77. The molecule has 10 heteroatoms. The van der Waals surface area contributed by atoms with Crippen molar-refractivity contribution in [2.75, 3.05) is 19.3 Å². The lowest BCUT2D eigenvalue weighted by Gasteiger charge is -2.14. The van der Waals surface area contributed by atoms with Gasteiger partial charge in [-0.05, 0) is 86.5 Å². The number of primary amides is 1. The summed E-state index contributed by atoms with van der Waals surface area (Å²) in [6.45, 7) is 2.50. The second kappa shape index (κ2) is 11.0. The summed E-state index contributed by atoms with van der Waals surface area (Å²) in [5, 5.41) is 0. The van der Waals surface area contributed by atoms with Crippen LogP contribution in [0.3, 0.4) is 0 Å². The second-order valence-electron chi connectivity index (χ2n) is 10.5. The summed E-state index contributed by atoms with van der Waals surface area (Å²) in [6.07, 6.45) is 5.50. The molecule has 1 amide bonds.